The van der Waals surface area contributed by atoms with E-state index in [0.717, 1.165) is 11.1 Å². The Bertz CT molecular complexity index is 851. The number of carbonyl (C=O) groups excluding carboxylic acids is 2. The van der Waals surface area contributed by atoms with Gasteiger partial charge >= 0.3 is 11.8 Å². The van der Waals surface area contributed by atoms with Crippen LogP contribution in [0.3, 0.4) is 0 Å². The molecule has 0 aromatic heterocycles. The Morgan fingerprint density at radius 3 is 2.29 bits per heavy atom. The summed E-state index contributed by atoms with van der Waals surface area (Å²) in [6.45, 7) is 6.16. The van der Waals surface area contributed by atoms with Crippen LogP contribution in [0.15, 0.2) is 36.4 Å². The normalized spacial score (nSPS) is 11.3. The molecule has 0 aliphatic carbocycles. The van der Waals surface area contributed by atoms with Crippen molar-refractivity contribution in [2.75, 3.05) is 26.1 Å². The number of rotatable bonds is 7. The molecule has 7 nitrogen and oxygen atoms in total. The van der Waals surface area contributed by atoms with E-state index in [4.69, 9.17) is 14.2 Å². The monoisotopic (exact) mass is 386 g/mol. The van der Waals surface area contributed by atoms with Crippen LogP contribution >= 0.6 is 0 Å². The summed E-state index contributed by atoms with van der Waals surface area (Å²) in [5.41, 5.74) is 2.28. The van der Waals surface area contributed by atoms with Crippen LogP contribution in [0.4, 0.5) is 5.69 Å². The van der Waals surface area contributed by atoms with Crippen molar-refractivity contribution in [2.45, 2.75) is 26.8 Å². The number of anilines is 1. The number of hydrogen-bond acceptors (Lipinski definition) is 5. The summed E-state index contributed by atoms with van der Waals surface area (Å²) in [7, 11) is 3.02. The van der Waals surface area contributed by atoms with Crippen molar-refractivity contribution in [2.24, 2.45) is 0 Å². The molecule has 0 bridgehead atoms. The Balaban J connectivity index is 2.08. The van der Waals surface area contributed by atoms with Crippen molar-refractivity contribution in [3.8, 4) is 17.2 Å². The summed E-state index contributed by atoms with van der Waals surface area (Å²) in [6, 6.07) is 10.2. The number of hydrogen-bond donors (Lipinski definition) is 2. The highest BCUT2D eigenvalue weighted by molar-refractivity contribution is 6.39. The van der Waals surface area contributed by atoms with E-state index < -0.39 is 17.9 Å². The van der Waals surface area contributed by atoms with E-state index in [1.54, 1.807) is 25.1 Å². The molecule has 1 unspecified atom stereocenters. The van der Waals surface area contributed by atoms with E-state index in [1.807, 2.05) is 32.0 Å². The zero-order valence-electron chi connectivity index (χ0n) is 16.8. The Kier molecular flexibility index (Phi) is 7.26. The summed E-state index contributed by atoms with van der Waals surface area (Å²) >= 11 is 0. The minimum Gasteiger partial charge on any atom is -0.494 e. The number of methoxy groups -OCH3 is 2. The highest BCUT2D eigenvalue weighted by atomic mass is 16.5. The second-order valence-corrected chi connectivity index (χ2v) is 6.19. The first-order valence-electron chi connectivity index (χ1n) is 8.96. The van der Waals surface area contributed by atoms with Crippen molar-refractivity contribution in [3.63, 3.8) is 0 Å². The van der Waals surface area contributed by atoms with Crippen molar-refractivity contribution in [3.05, 3.63) is 47.5 Å². The summed E-state index contributed by atoms with van der Waals surface area (Å²) in [5, 5.41) is 5.26. The number of aryl methyl sites for hydroxylation is 1. The standard InChI is InChI=1S/C21H26N2O5/c1-6-28-17-9-7-13(2)11-16(17)14(3)22-20(24)21(25)23-15-8-10-18(26-4)19(12-15)27-5/h7-12,14H,6H2,1-5H3,(H,22,24)(H,23,25). The number of benzene rings is 2. The van der Waals surface area contributed by atoms with Crippen molar-refractivity contribution in [1.82, 2.24) is 5.32 Å². The average molecular weight is 386 g/mol. The molecule has 7 heteroatoms. The van der Waals surface area contributed by atoms with E-state index in [2.05, 4.69) is 10.6 Å². The predicted octanol–water partition coefficient (Wildman–Crippen LogP) is 3.23. The van der Waals surface area contributed by atoms with Gasteiger partial charge in [-0.2, -0.15) is 0 Å². The van der Waals surface area contributed by atoms with Crippen LogP contribution in [0, 0.1) is 6.92 Å². The van der Waals surface area contributed by atoms with Gasteiger partial charge in [0.1, 0.15) is 5.75 Å². The van der Waals surface area contributed by atoms with Crippen molar-refractivity contribution < 1.29 is 23.8 Å². The van der Waals surface area contributed by atoms with E-state index >= 15 is 0 Å². The lowest BCUT2D eigenvalue weighted by Gasteiger charge is -2.18. The molecule has 0 aliphatic heterocycles. The number of ether oxygens (including phenoxy) is 3. The van der Waals surface area contributed by atoms with Crippen LogP contribution < -0.4 is 24.8 Å². The second-order valence-electron chi connectivity index (χ2n) is 6.19. The number of amides is 2. The lowest BCUT2D eigenvalue weighted by Crippen LogP contribution is -2.37. The molecule has 2 amide bonds. The minimum absolute atomic E-state index is 0.398. The third-order valence-electron chi connectivity index (χ3n) is 4.13. The molecule has 0 radical (unpaired) electrons. The molecule has 150 valence electrons. The molecule has 0 fully saturated rings. The fourth-order valence-electron chi connectivity index (χ4n) is 2.73. The second kappa shape index (κ2) is 9.64. The van der Waals surface area contributed by atoms with Crippen LogP contribution in [0.1, 0.15) is 31.0 Å². The third-order valence-corrected chi connectivity index (χ3v) is 4.13. The maximum atomic E-state index is 12.3. The fraction of sp³-hybridized carbons (Fsp3) is 0.333. The molecule has 2 aromatic carbocycles. The maximum Gasteiger partial charge on any atom is 0.313 e. The molecule has 2 N–H and O–H groups in total. The van der Waals surface area contributed by atoms with Crippen LogP contribution in [0.25, 0.3) is 0 Å². The summed E-state index contributed by atoms with van der Waals surface area (Å²) in [4.78, 5) is 24.6. The Morgan fingerprint density at radius 2 is 1.64 bits per heavy atom. The molecule has 2 rings (SSSR count). The van der Waals surface area contributed by atoms with E-state index in [1.165, 1.54) is 14.2 Å². The lowest BCUT2D eigenvalue weighted by molar-refractivity contribution is -0.136. The van der Waals surface area contributed by atoms with Crippen LogP contribution in [-0.4, -0.2) is 32.6 Å². The smallest absolute Gasteiger partial charge is 0.313 e. The predicted molar refractivity (Wildman–Crippen MR) is 107 cm³/mol. The molecular weight excluding hydrogens is 360 g/mol. The quantitative estimate of drug-likeness (QED) is 0.714. The largest absolute Gasteiger partial charge is 0.494 e. The SMILES string of the molecule is CCOc1ccc(C)cc1C(C)NC(=O)C(=O)Nc1ccc(OC)c(OC)c1. The van der Waals surface area contributed by atoms with Gasteiger partial charge in [-0.15, -0.1) is 0 Å². The lowest BCUT2D eigenvalue weighted by atomic mass is 10.0. The van der Waals surface area contributed by atoms with E-state index in [9.17, 15) is 9.59 Å². The van der Waals surface area contributed by atoms with Gasteiger partial charge in [0.25, 0.3) is 0 Å². The summed E-state index contributed by atoms with van der Waals surface area (Å²) < 4.78 is 16.0. The first-order chi connectivity index (χ1) is 13.4. The van der Waals surface area contributed by atoms with Gasteiger partial charge < -0.3 is 24.8 Å². The van der Waals surface area contributed by atoms with E-state index in [-0.39, 0.29) is 0 Å². The topological polar surface area (TPSA) is 85.9 Å². The van der Waals surface area contributed by atoms with E-state index in [0.29, 0.717) is 29.5 Å². The highest BCUT2D eigenvalue weighted by Gasteiger charge is 2.20. The number of carbonyl (C=O) groups is 2. The van der Waals surface area contributed by atoms with Gasteiger partial charge in [-0.05, 0) is 39.0 Å². The van der Waals surface area contributed by atoms with Gasteiger partial charge in [-0.25, -0.2) is 0 Å². The maximum absolute atomic E-state index is 12.3. The Morgan fingerprint density at radius 1 is 0.964 bits per heavy atom. The van der Waals surface area contributed by atoms with Gasteiger partial charge in [0.05, 0.1) is 26.9 Å². The van der Waals surface area contributed by atoms with Gasteiger partial charge in [-0.1, -0.05) is 17.7 Å². The molecule has 0 saturated heterocycles. The van der Waals surface area contributed by atoms with Crippen LogP contribution in [-0.2, 0) is 9.59 Å². The minimum atomic E-state index is -0.773. The van der Waals surface area contributed by atoms with Crippen molar-refractivity contribution >= 4 is 17.5 Å². The van der Waals surface area contributed by atoms with Gasteiger partial charge in [0.15, 0.2) is 11.5 Å². The van der Waals surface area contributed by atoms with Crippen LogP contribution in [0.2, 0.25) is 0 Å². The summed E-state index contributed by atoms with van der Waals surface area (Å²) in [5.74, 6) is 0.147. The van der Waals surface area contributed by atoms with Gasteiger partial charge in [0, 0.05) is 17.3 Å². The molecule has 2 aromatic rings. The van der Waals surface area contributed by atoms with Gasteiger partial charge in [-0.3, -0.25) is 9.59 Å². The molecule has 0 spiro atoms. The first-order valence-corrected chi connectivity index (χ1v) is 8.96. The Labute approximate surface area is 165 Å². The molecular formula is C21H26N2O5. The van der Waals surface area contributed by atoms with Gasteiger partial charge in [0.2, 0.25) is 0 Å². The molecule has 0 heterocycles. The van der Waals surface area contributed by atoms with Crippen molar-refractivity contribution in [1.29, 1.82) is 0 Å². The highest BCUT2D eigenvalue weighted by Crippen LogP contribution is 2.30. The molecule has 28 heavy (non-hydrogen) atoms. The zero-order valence-corrected chi connectivity index (χ0v) is 16.8. The fourth-order valence-corrected chi connectivity index (χ4v) is 2.73. The third kappa shape index (κ3) is 5.16. The van der Waals surface area contributed by atoms with Crippen LogP contribution in [0.5, 0.6) is 17.2 Å². The molecule has 0 saturated carbocycles. The Hall–Kier alpha value is -3.22. The molecule has 0 aliphatic rings. The zero-order chi connectivity index (χ0) is 20.7. The first kappa shape index (κ1) is 21.1. The average Bonchev–Trinajstić information content (AvgIpc) is 2.69. The number of nitrogens with one attached hydrogen (secondary N) is 2. The molecule has 1 atom stereocenters. The summed E-state index contributed by atoms with van der Waals surface area (Å²) in [6.07, 6.45) is 0.